The SMILES string of the molecule is CC(C)(C)c1ccc(-c2ccc(-c3nc4c(s3)N(c3c(-c5ccccc5)cccc3-c3ccccc3)c3cc(C(C)(C)C)cc5c3B4c3cc(C(C)(C)C)ccc3N5c3ccc(C(C)(C)C)cc3)cc2)cc1. The Labute approximate surface area is 433 Å². The van der Waals surface area contributed by atoms with Crippen molar-refractivity contribution in [1.29, 1.82) is 0 Å². The maximum atomic E-state index is 5.93. The number of anilines is 6. The average Bonchev–Trinajstić information content (AvgIpc) is 3.80. The molecule has 72 heavy (non-hydrogen) atoms. The molecular weight excluding hydrogens is 890 g/mol. The molecule has 2 aliphatic rings. The first-order chi connectivity index (χ1) is 34.2. The molecule has 0 unspecified atom stereocenters. The van der Waals surface area contributed by atoms with Crippen molar-refractivity contribution in [2.24, 2.45) is 0 Å². The highest BCUT2D eigenvalue weighted by Gasteiger charge is 2.47. The van der Waals surface area contributed by atoms with Gasteiger partial charge >= 0.3 is 0 Å². The van der Waals surface area contributed by atoms with Crippen molar-refractivity contribution in [2.75, 3.05) is 9.80 Å². The van der Waals surface area contributed by atoms with Crippen LogP contribution in [0.25, 0.3) is 44.0 Å². The third-order valence-electron chi connectivity index (χ3n) is 15.0. The smallest absolute Gasteiger partial charge is 0.276 e. The zero-order valence-corrected chi connectivity index (χ0v) is 45.0. The van der Waals surface area contributed by atoms with E-state index in [1.54, 1.807) is 0 Å². The third kappa shape index (κ3) is 8.40. The number of rotatable bonds is 6. The molecule has 0 amide bonds. The predicted molar refractivity (Wildman–Crippen MR) is 313 cm³/mol. The van der Waals surface area contributed by atoms with E-state index in [4.69, 9.17) is 4.98 Å². The van der Waals surface area contributed by atoms with E-state index in [0.717, 1.165) is 32.5 Å². The molecule has 8 aromatic carbocycles. The maximum absolute atomic E-state index is 5.93. The van der Waals surface area contributed by atoms with E-state index in [1.165, 1.54) is 83.6 Å². The van der Waals surface area contributed by atoms with Gasteiger partial charge in [0.1, 0.15) is 10.0 Å². The lowest BCUT2D eigenvalue weighted by molar-refractivity contribution is 0.589. The molecular formula is C67H66BN3S. The van der Waals surface area contributed by atoms with Crippen LogP contribution in [0, 0.1) is 0 Å². The van der Waals surface area contributed by atoms with Gasteiger partial charge in [0.25, 0.3) is 6.71 Å². The summed E-state index contributed by atoms with van der Waals surface area (Å²) in [5.74, 6) is 0. The van der Waals surface area contributed by atoms with Crippen LogP contribution in [0.4, 0.5) is 33.4 Å². The van der Waals surface area contributed by atoms with Crippen molar-refractivity contribution in [3.63, 3.8) is 0 Å². The highest BCUT2D eigenvalue weighted by atomic mass is 32.1. The Balaban J connectivity index is 1.22. The second-order valence-corrected chi connectivity index (χ2v) is 25.1. The maximum Gasteiger partial charge on any atom is 0.276 e. The summed E-state index contributed by atoms with van der Waals surface area (Å²) in [6, 6.07) is 68.5. The van der Waals surface area contributed by atoms with Crippen LogP contribution in [0.5, 0.6) is 0 Å². The highest BCUT2D eigenvalue weighted by molar-refractivity contribution is 7.22. The first kappa shape index (κ1) is 47.4. The molecule has 0 N–H and O–H groups in total. The number of hydrogen-bond donors (Lipinski definition) is 0. The zero-order chi connectivity index (χ0) is 50.5. The molecule has 3 nitrogen and oxygen atoms in total. The molecule has 3 heterocycles. The number of thiazole rings is 1. The Kier molecular flexibility index (Phi) is 11.4. The summed E-state index contributed by atoms with van der Waals surface area (Å²) in [5, 5.41) is 2.16. The van der Waals surface area contributed by atoms with E-state index < -0.39 is 0 Å². The molecule has 0 atom stereocenters. The van der Waals surface area contributed by atoms with Crippen LogP contribution in [0.2, 0.25) is 0 Å². The van der Waals surface area contributed by atoms with Gasteiger partial charge in [0.15, 0.2) is 0 Å². The highest BCUT2D eigenvalue weighted by Crippen LogP contribution is 2.53. The number of benzene rings is 8. The average molecular weight is 956 g/mol. The standard InChI is InChI=1S/C67H66BN3S/c1-64(2,3)48-32-30-44(31-33-48)43-26-28-47(29-27-43)62-69-61-63(72-62)71(60-53(45-20-15-13-16-21-45)24-19-25-54(60)46-22-17-14-18-23-46)58-42-51(67(10,11)12)41-57-59(58)68(61)55-40-50(66(7,8)9)36-39-56(55)70(57)52-37-34-49(35-38-52)65(4,5)6/h13-42H,1-12H3. The molecule has 9 aromatic rings. The predicted octanol–water partition coefficient (Wildman–Crippen LogP) is 17.1. The van der Waals surface area contributed by atoms with Crippen molar-refractivity contribution >= 4 is 68.0 Å². The number of nitrogens with zero attached hydrogens (tertiary/aromatic N) is 3. The van der Waals surface area contributed by atoms with Crippen LogP contribution >= 0.6 is 11.3 Å². The lowest BCUT2D eigenvalue weighted by atomic mass is 9.35. The fourth-order valence-electron chi connectivity index (χ4n) is 10.7. The Bertz CT molecular complexity index is 3410. The van der Waals surface area contributed by atoms with E-state index in [9.17, 15) is 0 Å². The minimum absolute atomic E-state index is 0.0240. The zero-order valence-electron chi connectivity index (χ0n) is 44.1. The van der Waals surface area contributed by atoms with Crippen molar-refractivity contribution < 1.29 is 0 Å². The van der Waals surface area contributed by atoms with Crippen LogP contribution in [-0.2, 0) is 21.7 Å². The summed E-state index contributed by atoms with van der Waals surface area (Å²) in [6.07, 6.45) is 0. The Morgan fingerprint density at radius 3 is 1.36 bits per heavy atom. The van der Waals surface area contributed by atoms with Crippen LogP contribution in [0.15, 0.2) is 182 Å². The van der Waals surface area contributed by atoms with Crippen LogP contribution in [0.3, 0.4) is 0 Å². The molecule has 0 radical (unpaired) electrons. The molecule has 0 aliphatic carbocycles. The van der Waals surface area contributed by atoms with Gasteiger partial charge in [0.2, 0.25) is 0 Å². The van der Waals surface area contributed by atoms with E-state index in [-0.39, 0.29) is 28.4 Å². The van der Waals surface area contributed by atoms with Crippen LogP contribution in [-0.4, -0.2) is 11.7 Å². The monoisotopic (exact) mass is 956 g/mol. The number of fused-ring (bicyclic) bond motifs is 4. The topological polar surface area (TPSA) is 19.4 Å². The van der Waals surface area contributed by atoms with Gasteiger partial charge in [-0.15, -0.1) is 0 Å². The van der Waals surface area contributed by atoms with Crippen molar-refractivity contribution in [2.45, 2.75) is 105 Å². The van der Waals surface area contributed by atoms with Crippen LogP contribution in [0.1, 0.15) is 105 Å². The number of hydrogen-bond acceptors (Lipinski definition) is 4. The normalized spacial score (nSPS) is 13.5. The van der Waals surface area contributed by atoms with Gasteiger partial charge in [-0.3, -0.25) is 0 Å². The van der Waals surface area contributed by atoms with E-state index in [1.807, 2.05) is 11.3 Å². The largest absolute Gasteiger partial charge is 0.311 e. The molecule has 0 saturated carbocycles. The molecule has 1 aromatic heterocycles. The molecule has 11 rings (SSSR count). The fraction of sp³-hybridized carbons (Fsp3) is 0.239. The van der Waals surface area contributed by atoms with E-state index in [0.29, 0.717) is 0 Å². The van der Waals surface area contributed by atoms with Gasteiger partial charge in [-0.05, 0) is 107 Å². The molecule has 2 aliphatic heterocycles. The summed E-state index contributed by atoms with van der Waals surface area (Å²) in [4.78, 5) is 11.1. The van der Waals surface area contributed by atoms with E-state index >= 15 is 0 Å². The van der Waals surface area contributed by atoms with Gasteiger partial charge in [0.05, 0.1) is 11.3 Å². The Morgan fingerprint density at radius 2 is 0.847 bits per heavy atom. The second-order valence-electron chi connectivity index (χ2n) is 24.2. The third-order valence-corrected chi connectivity index (χ3v) is 16.1. The number of para-hydroxylation sites is 1. The summed E-state index contributed by atoms with van der Waals surface area (Å²) in [6.45, 7) is 27.6. The first-order valence-electron chi connectivity index (χ1n) is 25.7. The second kappa shape index (κ2) is 17.4. The van der Waals surface area contributed by atoms with Crippen LogP contribution < -0.4 is 26.3 Å². The molecule has 0 saturated heterocycles. The fourth-order valence-corrected chi connectivity index (χ4v) is 11.8. The summed E-state index contributed by atoms with van der Waals surface area (Å²) in [7, 11) is 0. The lowest BCUT2D eigenvalue weighted by Crippen LogP contribution is -2.62. The summed E-state index contributed by atoms with van der Waals surface area (Å²) in [5.41, 5.74) is 22.9. The Morgan fingerprint density at radius 1 is 0.389 bits per heavy atom. The van der Waals surface area contributed by atoms with Gasteiger partial charge in [-0.1, -0.05) is 246 Å². The summed E-state index contributed by atoms with van der Waals surface area (Å²) < 4.78 is 0. The van der Waals surface area contributed by atoms with Gasteiger partial charge < -0.3 is 9.80 Å². The summed E-state index contributed by atoms with van der Waals surface area (Å²) >= 11 is 1.82. The minimum atomic E-state index is -0.167. The molecule has 0 fully saturated rings. The minimum Gasteiger partial charge on any atom is -0.311 e. The molecule has 5 heteroatoms. The van der Waals surface area contributed by atoms with Crippen molar-refractivity contribution in [1.82, 2.24) is 4.98 Å². The van der Waals surface area contributed by atoms with Gasteiger partial charge in [-0.2, -0.15) is 0 Å². The van der Waals surface area contributed by atoms with Crippen molar-refractivity contribution in [3.05, 3.63) is 204 Å². The van der Waals surface area contributed by atoms with E-state index in [2.05, 4.69) is 275 Å². The molecule has 0 spiro atoms. The first-order valence-corrected chi connectivity index (χ1v) is 26.6. The quantitative estimate of drug-likeness (QED) is 0.155. The van der Waals surface area contributed by atoms with Crippen molar-refractivity contribution in [3.8, 4) is 44.0 Å². The molecule has 358 valence electrons. The molecule has 0 bridgehead atoms. The van der Waals surface area contributed by atoms with Gasteiger partial charge in [-0.25, -0.2) is 4.98 Å². The lowest BCUT2D eigenvalue weighted by Gasteiger charge is -2.44. The van der Waals surface area contributed by atoms with Gasteiger partial charge in [0, 0.05) is 39.4 Å². The Hall–Kier alpha value is -6.95. The number of aromatic nitrogens is 1.